The summed E-state index contributed by atoms with van der Waals surface area (Å²) in [5.41, 5.74) is 0. The maximum atomic E-state index is 12.4. The zero-order valence-electron chi connectivity index (χ0n) is 8.09. The number of nitrogens with one attached hydrogen (secondary N) is 1. The second-order valence-electron chi connectivity index (χ2n) is 3.88. The zero-order chi connectivity index (χ0) is 10.8. The highest BCUT2D eigenvalue weighted by Crippen LogP contribution is 2.14. The first kappa shape index (κ1) is 11.8. The third-order valence-electron chi connectivity index (χ3n) is 2.26. The maximum absolute atomic E-state index is 12.4. The fraction of sp³-hybridized carbons (Fsp3) is 1.00. The summed E-state index contributed by atoms with van der Waals surface area (Å²) in [6.07, 6.45) is 0.886. The van der Waals surface area contributed by atoms with Gasteiger partial charge in [-0.1, -0.05) is 0 Å². The standard InChI is InChI=1S/C8H15F2NO2S/c1-8(9,10)6-11-7-2-4-14(12,13)5-3-7/h7,11H,2-6H2,1H3. The summed E-state index contributed by atoms with van der Waals surface area (Å²) in [6.45, 7) is 0.470. The molecule has 1 rings (SSSR count). The zero-order valence-corrected chi connectivity index (χ0v) is 8.91. The molecule has 1 aliphatic heterocycles. The third-order valence-corrected chi connectivity index (χ3v) is 3.97. The van der Waals surface area contributed by atoms with Crippen molar-refractivity contribution in [3.8, 4) is 0 Å². The number of sulfone groups is 1. The van der Waals surface area contributed by atoms with Crippen LogP contribution in [0.1, 0.15) is 19.8 Å². The van der Waals surface area contributed by atoms with E-state index in [0.29, 0.717) is 12.8 Å². The van der Waals surface area contributed by atoms with Gasteiger partial charge in [0.15, 0.2) is 0 Å². The molecule has 0 spiro atoms. The molecule has 0 aliphatic carbocycles. The second-order valence-corrected chi connectivity index (χ2v) is 6.18. The quantitative estimate of drug-likeness (QED) is 0.776. The predicted molar refractivity (Wildman–Crippen MR) is 50.3 cm³/mol. The smallest absolute Gasteiger partial charge is 0.257 e. The fourth-order valence-electron chi connectivity index (χ4n) is 1.42. The van der Waals surface area contributed by atoms with Crippen LogP contribution in [0.5, 0.6) is 0 Å². The van der Waals surface area contributed by atoms with Gasteiger partial charge in [0.1, 0.15) is 9.84 Å². The van der Waals surface area contributed by atoms with Gasteiger partial charge in [-0.3, -0.25) is 0 Å². The number of rotatable bonds is 3. The third kappa shape index (κ3) is 4.32. The second kappa shape index (κ2) is 4.10. The van der Waals surface area contributed by atoms with E-state index in [1.54, 1.807) is 0 Å². The van der Waals surface area contributed by atoms with E-state index in [4.69, 9.17) is 0 Å². The molecule has 1 saturated heterocycles. The molecule has 3 nitrogen and oxygen atoms in total. The SMILES string of the molecule is CC(F)(F)CNC1CCS(=O)(=O)CC1. The Morgan fingerprint density at radius 1 is 1.36 bits per heavy atom. The Balaban J connectivity index is 2.30. The average Bonchev–Trinajstić information content (AvgIpc) is 2.01. The fourth-order valence-corrected chi connectivity index (χ4v) is 2.91. The van der Waals surface area contributed by atoms with Crippen LogP contribution < -0.4 is 5.32 Å². The van der Waals surface area contributed by atoms with Gasteiger partial charge >= 0.3 is 0 Å². The summed E-state index contributed by atoms with van der Waals surface area (Å²) in [7, 11) is -2.90. The molecule has 0 unspecified atom stereocenters. The Kier molecular flexibility index (Phi) is 3.47. The van der Waals surface area contributed by atoms with Crippen molar-refractivity contribution in [2.24, 2.45) is 0 Å². The van der Waals surface area contributed by atoms with E-state index < -0.39 is 15.8 Å². The molecule has 0 atom stereocenters. The van der Waals surface area contributed by atoms with E-state index >= 15 is 0 Å². The van der Waals surface area contributed by atoms with Gasteiger partial charge in [-0.2, -0.15) is 0 Å². The lowest BCUT2D eigenvalue weighted by molar-refractivity contribution is 0.0196. The summed E-state index contributed by atoms with van der Waals surface area (Å²) < 4.78 is 46.9. The minimum Gasteiger partial charge on any atom is -0.308 e. The van der Waals surface area contributed by atoms with Gasteiger partial charge in [0, 0.05) is 13.0 Å². The van der Waals surface area contributed by atoms with Crippen molar-refractivity contribution < 1.29 is 17.2 Å². The molecule has 0 aromatic carbocycles. The Labute approximate surface area is 82.8 Å². The number of halogens is 2. The Bertz CT molecular complexity index is 270. The first-order chi connectivity index (χ1) is 6.29. The van der Waals surface area contributed by atoms with Crippen LogP contribution in [0, 0.1) is 0 Å². The molecule has 1 fully saturated rings. The van der Waals surface area contributed by atoms with Crippen LogP contribution in [0.15, 0.2) is 0 Å². The molecular weight excluding hydrogens is 212 g/mol. The van der Waals surface area contributed by atoms with Gasteiger partial charge in [-0.05, 0) is 12.8 Å². The molecule has 0 saturated carbocycles. The molecular formula is C8H15F2NO2S. The van der Waals surface area contributed by atoms with Crippen LogP contribution >= 0.6 is 0 Å². The van der Waals surface area contributed by atoms with Crippen LogP contribution in [0.25, 0.3) is 0 Å². The summed E-state index contributed by atoms with van der Waals surface area (Å²) in [4.78, 5) is 0. The summed E-state index contributed by atoms with van der Waals surface area (Å²) in [6, 6.07) is -0.0793. The van der Waals surface area contributed by atoms with E-state index in [9.17, 15) is 17.2 Å². The molecule has 1 aliphatic rings. The van der Waals surface area contributed by atoms with Crippen LogP contribution in [-0.2, 0) is 9.84 Å². The lowest BCUT2D eigenvalue weighted by Gasteiger charge is -2.24. The van der Waals surface area contributed by atoms with Crippen LogP contribution in [0.4, 0.5) is 8.78 Å². The van der Waals surface area contributed by atoms with Crippen molar-refractivity contribution in [2.45, 2.75) is 31.7 Å². The van der Waals surface area contributed by atoms with Gasteiger partial charge < -0.3 is 5.32 Å². The lowest BCUT2D eigenvalue weighted by atomic mass is 10.1. The van der Waals surface area contributed by atoms with E-state index in [2.05, 4.69) is 5.32 Å². The molecule has 0 radical (unpaired) electrons. The van der Waals surface area contributed by atoms with E-state index in [1.165, 1.54) is 0 Å². The van der Waals surface area contributed by atoms with Gasteiger partial charge in [-0.15, -0.1) is 0 Å². The first-order valence-electron chi connectivity index (χ1n) is 4.60. The van der Waals surface area contributed by atoms with Crippen molar-refractivity contribution >= 4 is 9.84 Å². The van der Waals surface area contributed by atoms with Crippen molar-refractivity contribution in [3.05, 3.63) is 0 Å². The molecule has 0 aromatic heterocycles. The van der Waals surface area contributed by atoms with Gasteiger partial charge in [-0.25, -0.2) is 17.2 Å². The van der Waals surface area contributed by atoms with E-state index in [1.807, 2.05) is 0 Å². The van der Waals surface area contributed by atoms with Crippen LogP contribution in [0.2, 0.25) is 0 Å². The Hall–Kier alpha value is -0.230. The van der Waals surface area contributed by atoms with Crippen LogP contribution in [-0.4, -0.2) is 38.4 Å². The van der Waals surface area contributed by atoms with E-state index in [-0.39, 0.29) is 24.1 Å². The van der Waals surface area contributed by atoms with Gasteiger partial charge in [0.2, 0.25) is 0 Å². The first-order valence-corrected chi connectivity index (χ1v) is 6.42. The predicted octanol–water partition coefficient (Wildman–Crippen LogP) is 0.808. The molecule has 0 aromatic rings. The van der Waals surface area contributed by atoms with Gasteiger partial charge in [0.05, 0.1) is 18.1 Å². The Morgan fingerprint density at radius 3 is 2.29 bits per heavy atom. The van der Waals surface area contributed by atoms with E-state index in [0.717, 1.165) is 6.92 Å². The Morgan fingerprint density at radius 2 is 1.86 bits per heavy atom. The largest absolute Gasteiger partial charge is 0.308 e. The molecule has 1 N–H and O–H groups in total. The van der Waals surface area contributed by atoms with Crippen LogP contribution in [0.3, 0.4) is 0 Å². The number of alkyl halides is 2. The molecule has 84 valence electrons. The average molecular weight is 227 g/mol. The van der Waals surface area contributed by atoms with Crippen molar-refractivity contribution in [2.75, 3.05) is 18.1 Å². The molecule has 1 heterocycles. The minimum absolute atomic E-state index is 0.0793. The molecule has 6 heteroatoms. The monoisotopic (exact) mass is 227 g/mol. The van der Waals surface area contributed by atoms with Crippen molar-refractivity contribution in [1.82, 2.24) is 5.32 Å². The summed E-state index contributed by atoms with van der Waals surface area (Å²) in [5, 5.41) is 2.68. The highest BCUT2D eigenvalue weighted by atomic mass is 32.2. The molecule has 0 bridgehead atoms. The number of hydrogen-bond acceptors (Lipinski definition) is 3. The van der Waals surface area contributed by atoms with Crippen molar-refractivity contribution in [1.29, 1.82) is 0 Å². The molecule has 0 amide bonds. The van der Waals surface area contributed by atoms with Crippen molar-refractivity contribution in [3.63, 3.8) is 0 Å². The lowest BCUT2D eigenvalue weighted by Crippen LogP contribution is -2.42. The number of hydrogen-bond donors (Lipinski definition) is 1. The topological polar surface area (TPSA) is 46.2 Å². The summed E-state index contributed by atoms with van der Waals surface area (Å²) >= 11 is 0. The maximum Gasteiger partial charge on any atom is 0.257 e. The highest BCUT2D eigenvalue weighted by molar-refractivity contribution is 7.91. The minimum atomic E-state index is -2.90. The van der Waals surface area contributed by atoms with Gasteiger partial charge in [0.25, 0.3) is 5.92 Å². The highest BCUT2D eigenvalue weighted by Gasteiger charge is 2.27. The normalized spacial score (nSPS) is 23.6. The summed E-state index contributed by atoms with van der Waals surface area (Å²) in [5.74, 6) is -2.50. The molecule has 14 heavy (non-hydrogen) atoms.